The molecule has 0 bridgehead atoms. The molecule has 0 aromatic carbocycles. The second-order valence-electron chi connectivity index (χ2n) is 4.46. The van der Waals surface area contributed by atoms with Crippen LogP contribution in [0.5, 0.6) is 0 Å². The van der Waals surface area contributed by atoms with E-state index in [2.05, 4.69) is 50.0 Å². The largest absolute Gasteiger partial charge is 0.357 e. The van der Waals surface area contributed by atoms with Crippen LogP contribution in [0.2, 0.25) is 0 Å². The first-order valence-electron chi connectivity index (χ1n) is 6.62. The standard InChI is InChI=1S/C14H20N4S2.HI/c1-4-15-14(16-8-13-6-5-7-19-13)18(3)9-12-10-20-11(2)17-12;/h5-7,10H,4,8-9H2,1-3H3,(H,15,16);1H. The van der Waals surface area contributed by atoms with Gasteiger partial charge in [0.25, 0.3) is 0 Å². The molecule has 0 unspecified atom stereocenters. The van der Waals surface area contributed by atoms with Crippen LogP contribution in [0.3, 0.4) is 0 Å². The number of nitrogens with zero attached hydrogens (tertiary/aromatic N) is 3. The van der Waals surface area contributed by atoms with Crippen molar-refractivity contribution in [2.24, 2.45) is 4.99 Å². The van der Waals surface area contributed by atoms with Crippen LogP contribution in [-0.2, 0) is 13.1 Å². The predicted octanol–water partition coefficient (Wildman–Crippen LogP) is 3.73. The molecule has 0 saturated heterocycles. The fourth-order valence-corrected chi connectivity index (χ4v) is 3.06. The molecule has 1 N–H and O–H groups in total. The van der Waals surface area contributed by atoms with E-state index in [4.69, 9.17) is 0 Å². The lowest BCUT2D eigenvalue weighted by Gasteiger charge is -2.21. The van der Waals surface area contributed by atoms with Crippen LogP contribution in [0.15, 0.2) is 27.9 Å². The Balaban J connectivity index is 0.00000220. The molecular formula is C14H21IN4S2. The molecule has 0 amide bonds. The summed E-state index contributed by atoms with van der Waals surface area (Å²) in [5.74, 6) is 0.923. The number of thiophene rings is 1. The minimum atomic E-state index is 0. The van der Waals surface area contributed by atoms with E-state index in [1.165, 1.54) is 4.88 Å². The van der Waals surface area contributed by atoms with E-state index in [1.807, 2.05) is 14.0 Å². The van der Waals surface area contributed by atoms with Gasteiger partial charge in [0.15, 0.2) is 5.96 Å². The van der Waals surface area contributed by atoms with Crippen molar-refractivity contribution in [1.29, 1.82) is 0 Å². The summed E-state index contributed by atoms with van der Waals surface area (Å²) in [5, 5.41) is 8.62. The molecule has 2 heterocycles. The molecule has 0 radical (unpaired) electrons. The maximum Gasteiger partial charge on any atom is 0.194 e. The molecule has 0 atom stereocenters. The van der Waals surface area contributed by atoms with Crippen LogP contribution in [0.1, 0.15) is 22.5 Å². The molecule has 0 spiro atoms. The first kappa shape index (κ1) is 18.4. The third kappa shape index (κ3) is 5.91. The zero-order valence-electron chi connectivity index (χ0n) is 12.5. The highest BCUT2D eigenvalue weighted by Crippen LogP contribution is 2.11. The van der Waals surface area contributed by atoms with Gasteiger partial charge in [-0.15, -0.1) is 46.7 Å². The van der Waals surface area contributed by atoms with Gasteiger partial charge in [0, 0.05) is 23.8 Å². The number of hydrogen-bond acceptors (Lipinski definition) is 4. The first-order chi connectivity index (χ1) is 9.69. The Hall–Kier alpha value is -0.670. The van der Waals surface area contributed by atoms with Crippen LogP contribution < -0.4 is 5.32 Å². The Kier molecular flexibility index (Phi) is 8.20. The number of hydrogen-bond donors (Lipinski definition) is 1. The molecule has 21 heavy (non-hydrogen) atoms. The topological polar surface area (TPSA) is 40.5 Å². The van der Waals surface area contributed by atoms with Gasteiger partial charge in [0.05, 0.1) is 23.8 Å². The highest BCUT2D eigenvalue weighted by Gasteiger charge is 2.08. The number of aliphatic imine (C=N–C) groups is 1. The normalized spacial score (nSPS) is 11.1. The summed E-state index contributed by atoms with van der Waals surface area (Å²) in [6, 6.07) is 4.17. The molecule has 0 fully saturated rings. The molecule has 0 aliphatic carbocycles. The van der Waals surface area contributed by atoms with Gasteiger partial charge in [0.2, 0.25) is 0 Å². The molecule has 2 rings (SSSR count). The maximum absolute atomic E-state index is 4.68. The number of rotatable bonds is 5. The second-order valence-corrected chi connectivity index (χ2v) is 6.56. The van der Waals surface area contributed by atoms with Gasteiger partial charge in [-0.25, -0.2) is 9.98 Å². The quantitative estimate of drug-likeness (QED) is 0.441. The molecule has 7 heteroatoms. The summed E-state index contributed by atoms with van der Waals surface area (Å²) in [7, 11) is 2.05. The van der Waals surface area contributed by atoms with Crippen molar-refractivity contribution in [1.82, 2.24) is 15.2 Å². The summed E-state index contributed by atoms with van der Waals surface area (Å²) < 4.78 is 0. The Labute approximate surface area is 151 Å². The SMILES string of the molecule is CCNC(=NCc1cccs1)N(C)Cc1csc(C)n1.I. The summed E-state index contributed by atoms with van der Waals surface area (Å²) >= 11 is 3.42. The van der Waals surface area contributed by atoms with Crippen LogP contribution >= 0.6 is 46.7 Å². The monoisotopic (exact) mass is 436 g/mol. The number of aryl methyl sites for hydroxylation is 1. The number of guanidine groups is 1. The zero-order valence-corrected chi connectivity index (χ0v) is 16.5. The van der Waals surface area contributed by atoms with Crippen molar-refractivity contribution in [3.63, 3.8) is 0 Å². The summed E-state index contributed by atoms with van der Waals surface area (Å²) in [5.41, 5.74) is 1.09. The van der Waals surface area contributed by atoms with Crippen LogP contribution in [-0.4, -0.2) is 29.4 Å². The number of nitrogens with one attached hydrogen (secondary N) is 1. The van der Waals surface area contributed by atoms with Gasteiger partial charge in [-0.05, 0) is 25.3 Å². The van der Waals surface area contributed by atoms with E-state index in [0.717, 1.165) is 36.3 Å². The highest BCUT2D eigenvalue weighted by atomic mass is 127. The first-order valence-corrected chi connectivity index (χ1v) is 8.37. The average molecular weight is 436 g/mol. The van der Waals surface area contributed by atoms with Crippen LogP contribution in [0.25, 0.3) is 0 Å². The van der Waals surface area contributed by atoms with Crippen LogP contribution in [0.4, 0.5) is 0 Å². The van der Waals surface area contributed by atoms with E-state index in [9.17, 15) is 0 Å². The van der Waals surface area contributed by atoms with E-state index < -0.39 is 0 Å². The average Bonchev–Trinajstić information content (AvgIpc) is 3.06. The molecule has 116 valence electrons. The van der Waals surface area contributed by atoms with Gasteiger partial charge < -0.3 is 10.2 Å². The lowest BCUT2D eigenvalue weighted by atomic mass is 10.4. The lowest BCUT2D eigenvalue weighted by molar-refractivity contribution is 0.471. The Bertz CT molecular complexity index is 551. The molecule has 0 aliphatic rings. The molecule has 4 nitrogen and oxygen atoms in total. The maximum atomic E-state index is 4.68. The van der Waals surface area contributed by atoms with Crippen molar-refractivity contribution in [3.05, 3.63) is 38.5 Å². The smallest absolute Gasteiger partial charge is 0.194 e. The molecule has 0 aliphatic heterocycles. The molecule has 2 aromatic rings. The zero-order chi connectivity index (χ0) is 14.4. The fourth-order valence-electron chi connectivity index (χ4n) is 1.82. The lowest BCUT2D eigenvalue weighted by Crippen LogP contribution is -2.38. The molecule has 0 saturated carbocycles. The van der Waals surface area contributed by atoms with Gasteiger partial charge in [-0.1, -0.05) is 6.07 Å². The number of halogens is 1. The number of aromatic nitrogens is 1. The van der Waals surface area contributed by atoms with E-state index in [-0.39, 0.29) is 24.0 Å². The van der Waals surface area contributed by atoms with Crippen molar-refractivity contribution < 1.29 is 0 Å². The third-order valence-corrected chi connectivity index (χ3v) is 4.41. The van der Waals surface area contributed by atoms with Gasteiger partial charge in [0.1, 0.15) is 0 Å². The summed E-state index contributed by atoms with van der Waals surface area (Å²) in [6.07, 6.45) is 0. The van der Waals surface area contributed by atoms with E-state index in [0.29, 0.717) is 0 Å². The molecule has 2 aromatic heterocycles. The van der Waals surface area contributed by atoms with E-state index >= 15 is 0 Å². The minimum Gasteiger partial charge on any atom is -0.357 e. The fraction of sp³-hybridized carbons (Fsp3) is 0.429. The van der Waals surface area contributed by atoms with E-state index in [1.54, 1.807) is 22.7 Å². The summed E-state index contributed by atoms with van der Waals surface area (Å²) in [6.45, 7) is 6.48. The van der Waals surface area contributed by atoms with Crippen LogP contribution in [0, 0.1) is 6.92 Å². The highest BCUT2D eigenvalue weighted by molar-refractivity contribution is 14.0. The van der Waals surface area contributed by atoms with Crippen molar-refractivity contribution in [2.75, 3.05) is 13.6 Å². The second kappa shape index (κ2) is 9.37. The Morgan fingerprint density at radius 2 is 2.24 bits per heavy atom. The third-order valence-electron chi connectivity index (χ3n) is 2.73. The van der Waals surface area contributed by atoms with Crippen molar-refractivity contribution in [2.45, 2.75) is 26.9 Å². The van der Waals surface area contributed by atoms with Gasteiger partial charge in [-0.3, -0.25) is 0 Å². The Morgan fingerprint density at radius 3 is 2.81 bits per heavy atom. The van der Waals surface area contributed by atoms with Crippen molar-refractivity contribution >= 4 is 52.6 Å². The predicted molar refractivity (Wildman–Crippen MR) is 103 cm³/mol. The molecular weight excluding hydrogens is 415 g/mol. The Morgan fingerprint density at radius 1 is 1.43 bits per heavy atom. The number of thiazole rings is 1. The van der Waals surface area contributed by atoms with Gasteiger partial charge >= 0.3 is 0 Å². The van der Waals surface area contributed by atoms with Gasteiger partial charge in [-0.2, -0.15) is 0 Å². The minimum absolute atomic E-state index is 0. The summed E-state index contributed by atoms with van der Waals surface area (Å²) in [4.78, 5) is 12.6. The van der Waals surface area contributed by atoms with Crippen molar-refractivity contribution in [3.8, 4) is 0 Å².